The average Bonchev–Trinajstić information content (AvgIpc) is 2.77. The second-order valence-corrected chi connectivity index (χ2v) is 7.89. The molecule has 3 N–H and O–H groups in total. The molecule has 30 heavy (non-hydrogen) atoms. The second kappa shape index (κ2) is 9.13. The van der Waals surface area contributed by atoms with Gasteiger partial charge in [-0.15, -0.1) is 0 Å². The summed E-state index contributed by atoms with van der Waals surface area (Å²) in [6, 6.07) is 14.5. The van der Waals surface area contributed by atoms with Crippen LogP contribution in [0.1, 0.15) is 32.1 Å². The van der Waals surface area contributed by atoms with Gasteiger partial charge in [-0.05, 0) is 49.2 Å². The number of carbonyl (C=O) groups is 1. The van der Waals surface area contributed by atoms with Gasteiger partial charge in [0.1, 0.15) is 0 Å². The molecule has 1 aliphatic carbocycles. The Morgan fingerprint density at radius 2 is 1.93 bits per heavy atom. The van der Waals surface area contributed by atoms with Crippen LogP contribution in [0.3, 0.4) is 0 Å². The summed E-state index contributed by atoms with van der Waals surface area (Å²) in [5, 5.41) is 3.57. The van der Waals surface area contributed by atoms with Crippen molar-refractivity contribution in [3.8, 4) is 11.3 Å². The number of amides is 2. The molecule has 0 bridgehead atoms. The van der Waals surface area contributed by atoms with Crippen molar-refractivity contribution >= 4 is 34.8 Å². The van der Waals surface area contributed by atoms with Crippen LogP contribution in [0.4, 0.5) is 22.0 Å². The number of benzene rings is 1. The van der Waals surface area contributed by atoms with Gasteiger partial charge in [-0.3, -0.25) is 9.88 Å². The number of pyridine rings is 2. The number of hydrogen-bond acceptors (Lipinski definition) is 4. The number of urea groups is 1. The van der Waals surface area contributed by atoms with E-state index in [-0.39, 0.29) is 12.1 Å². The SMILES string of the molecule is Nc1ccc(-c2cccc(Cl)c2)nc1N(C(=O)Nc1cccnc1)C1CCCCC1. The number of nitrogen functional groups attached to an aromatic ring is 1. The van der Waals surface area contributed by atoms with E-state index < -0.39 is 0 Å². The molecule has 1 fully saturated rings. The van der Waals surface area contributed by atoms with Crippen molar-refractivity contribution in [3.63, 3.8) is 0 Å². The molecule has 3 aromatic rings. The monoisotopic (exact) mass is 421 g/mol. The maximum absolute atomic E-state index is 13.3. The molecule has 7 heteroatoms. The van der Waals surface area contributed by atoms with Crippen LogP contribution in [0.15, 0.2) is 60.9 Å². The van der Waals surface area contributed by atoms with Gasteiger partial charge < -0.3 is 11.1 Å². The highest BCUT2D eigenvalue weighted by Crippen LogP contribution is 2.33. The van der Waals surface area contributed by atoms with Gasteiger partial charge in [0.15, 0.2) is 5.82 Å². The molecule has 0 atom stereocenters. The maximum Gasteiger partial charge on any atom is 0.327 e. The zero-order valence-corrected chi connectivity index (χ0v) is 17.3. The fourth-order valence-electron chi connectivity index (χ4n) is 3.86. The van der Waals surface area contributed by atoms with Crippen molar-refractivity contribution in [2.45, 2.75) is 38.1 Å². The molecule has 2 heterocycles. The lowest BCUT2D eigenvalue weighted by atomic mass is 9.94. The average molecular weight is 422 g/mol. The van der Waals surface area contributed by atoms with Crippen molar-refractivity contribution < 1.29 is 4.79 Å². The fourth-order valence-corrected chi connectivity index (χ4v) is 4.05. The first kappa shape index (κ1) is 20.2. The Kier molecular flexibility index (Phi) is 6.14. The fraction of sp³-hybridized carbons (Fsp3) is 0.261. The number of nitrogens with one attached hydrogen (secondary N) is 1. The molecule has 0 radical (unpaired) electrons. The number of aromatic nitrogens is 2. The predicted molar refractivity (Wildman–Crippen MR) is 122 cm³/mol. The quantitative estimate of drug-likeness (QED) is 0.561. The van der Waals surface area contributed by atoms with Crippen LogP contribution >= 0.6 is 11.6 Å². The largest absolute Gasteiger partial charge is 0.396 e. The standard InChI is InChI=1S/C23H24ClN5O/c24-17-7-4-6-16(14-17)21-12-11-20(25)22(28-21)29(19-9-2-1-3-10-19)23(30)27-18-8-5-13-26-15-18/h4-8,11-15,19H,1-3,9-10,25H2,(H,27,30). The van der Waals surface area contributed by atoms with E-state index in [1.165, 1.54) is 6.42 Å². The lowest BCUT2D eigenvalue weighted by Crippen LogP contribution is -2.45. The summed E-state index contributed by atoms with van der Waals surface area (Å²) in [5.74, 6) is 0.473. The van der Waals surface area contributed by atoms with Crippen molar-refractivity contribution in [2.24, 2.45) is 0 Å². The van der Waals surface area contributed by atoms with Crippen molar-refractivity contribution in [2.75, 3.05) is 16.0 Å². The summed E-state index contributed by atoms with van der Waals surface area (Å²) in [5.41, 5.74) is 9.01. The molecule has 1 aliphatic rings. The molecule has 1 aromatic carbocycles. The topological polar surface area (TPSA) is 84.1 Å². The zero-order chi connectivity index (χ0) is 20.9. The lowest BCUT2D eigenvalue weighted by molar-refractivity contribution is 0.252. The molecular weight excluding hydrogens is 398 g/mol. The third-order valence-electron chi connectivity index (χ3n) is 5.33. The predicted octanol–water partition coefficient (Wildman–Crippen LogP) is 5.75. The first-order chi connectivity index (χ1) is 14.6. The van der Waals surface area contributed by atoms with Crippen LogP contribution < -0.4 is 16.0 Å². The third kappa shape index (κ3) is 4.54. The Hall–Kier alpha value is -3.12. The van der Waals surface area contributed by atoms with E-state index in [0.717, 1.165) is 36.9 Å². The van der Waals surface area contributed by atoms with Crippen molar-refractivity contribution in [1.29, 1.82) is 0 Å². The highest BCUT2D eigenvalue weighted by Gasteiger charge is 2.30. The van der Waals surface area contributed by atoms with Gasteiger partial charge in [-0.2, -0.15) is 0 Å². The summed E-state index contributed by atoms with van der Waals surface area (Å²) < 4.78 is 0. The maximum atomic E-state index is 13.3. The summed E-state index contributed by atoms with van der Waals surface area (Å²) >= 11 is 6.16. The van der Waals surface area contributed by atoms with Crippen LogP contribution in [0.5, 0.6) is 0 Å². The highest BCUT2D eigenvalue weighted by molar-refractivity contribution is 6.30. The normalized spacial score (nSPS) is 14.3. The molecule has 6 nitrogen and oxygen atoms in total. The lowest BCUT2D eigenvalue weighted by Gasteiger charge is -2.34. The van der Waals surface area contributed by atoms with E-state index in [4.69, 9.17) is 22.3 Å². The Labute approximate surface area is 181 Å². The molecule has 154 valence electrons. The third-order valence-corrected chi connectivity index (χ3v) is 5.56. The number of anilines is 3. The summed E-state index contributed by atoms with van der Waals surface area (Å²) in [6.45, 7) is 0. The first-order valence-electron chi connectivity index (χ1n) is 10.1. The highest BCUT2D eigenvalue weighted by atomic mass is 35.5. The van der Waals surface area contributed by atoms with Gasteiger partial charge in [0.2, 0.25) is 0 Å². The minimum atomic E-state index is -0.252. The van der Waals surface area contributed by atoms with Gasteiger partial charge in [-0.1, -0.05) is 43.0 Å². The smallest absolute Gasteiger partial charge is 0.327 e. The van der Waals surface area contributed by atoms with E-state index in [1.807, 2.05) is 36.4 Å². The summed E-state index contributed by atoms with van der Waals surface area (Å²) in [6.07, 6.45) is 8.47. The Morgan fingerprint density at radius 3 is 2.67 bits per heavy atom. The minimum Gasteiger partial charge on any atom is -0.396 e. The number of hydrogen-bond donors (Lipinski definition) is 2. The Morgan fingerprint density at radius 1 is 1.10 bits per heavy atom. The summed E-state index contributed by atoms with van der Waals surface area (Å²) in [7, 11) is 0. The Bertz CT molecular complexity index is 1020. The molecule has 1 saturated carbocycles. The van der Waals surface area contributed by atoms with Crippen LogP contribution in [-0.2, 0) is 0 Å². The van der Waals surface area contributed by atoms with Gasteiger partial charge >= 0.3 is 6.03 Å². The van der Waals surface area contributed by atoms with E-state index in [1.54, 1.807) is 29.4 Å². The molecule has 0 unspecified atom stereocenters. The van der Waals surface area contributed by atoms with Crippen molar-refractivity contribution in [3.05, 3.63) is 65.9 Å². The zero-order valence-electron chi connectivity index (χ0n) is 16.6. The molecule has 0 aliphatic heterocycles. The van der Waals surface area contributed by atoms with Gasteiger partial charge in [-0.25, -0.2) is 9.78 Å². The molecule has 2 amide bonds. The van der Waals surface area contributed by atoms with E-state index >= 15 is 0 Å². The van der Waals surface area contributed by atoms with Gasteiger partial charge in [0.25, 0.3) is 0 Å². The molecule has 0 spiro atoms. The van der Waals surface area contributed by atoms with Crippen LogP contribution in [-0.4, -0.2) is 22.0 Å². The number of carbonyl (C=O) groups excluding carboxylic acids is 1. The first-order valence-corrected chi connectivity index (χ1v) is 10.5. The van der Waals surface area contributed by atoms with E-state index in [2.05, 4.69) is 10.3 Å². The molecule has 0 saturated heterocycles. The van der Waals surface area contributed by atoms with Crippen molar-refractivity contribution in [1.82, 2.24) is 9.97 Å². The van der Waals surface area contributed by atoms with Gasteiger partial charge in [0.05, 0.1) is 23.3 Å². The second-order valence-electron chi connectivity index (χ2n) is 7.45. The molecule has 2 aromatic heterocycles. The molecular formula is C23H24ClN5O. The molecule has 4 rings (SSSR count). The minimum absolute atomic E-state index is 0.0415. The van der Waals surface area contributed by atoms with Crippen LogP contribution in [0.25, 0.3) is 11.3 Å². The van der Waals surface area contributed by atoms with E-state index in [9.17, 15) is 4.79 Å². The number of nitrogens with two attached hydrogens (primary N) is 1. The van der Waals surface area contributed by atoms with Crippen LogP contribution in [0.2, 0.25) is 5.02 Å². The number of halogens is 1. The van der Waals surface area contributed by atoms with Crippen LogP contribution in [0, 0.1) is 0 Å². The Balaban J connectivity index is 1.72. The number of nitrogens with zero attached hydrogens (tertiary/aromatic N) is 3. The van der Waals surface area contributed by atoms with Gasteiger partial charge in [0, 0.05) is 22.8 Å². The summed E-state index contributed by atoms with van der Waals surface area (Å²) in [4.78, 5) is 23.9. The number of rotatable bonds is 4. The van der Waals surface area contributed by atoms with E-state index in [0.29, 0.717) is 22.2 Å².